The van der Waals surface area contributed by atoms with Gasteiger partial charge in [-0.15, -0.1) is 10.2 Å². The van der Waals surface area contributed by atoms with E-state index in [0.717, 1.165) is 42.1 Å². The van der Waals surface area contributed by atoms with Crippen molar-refractivity contribution in [1.29, 1.82) is 0 Å². The van der Waals surface area contributed by atoms with E-state index in [1.807, 2.05) is 31.2 Å². The molecule has 1 aliphatic rings. The highest BCUT2D eigenvalue weighted by Crippen LogP contribution is 2.26. The Labute approximate surface area is 169 Å². The molecule has 0 saturated carbocycles. The molecule has 8 nitrogen and oxygen atoms in total. The van der Waals surface area contributed by atoms with Crippen molar-refractivity contribution in [3.8, 4) is 5.75 Å². The largest absolute Gasteiger partial charge is 0.497 e. The minimum Gasteiger partial charge on any atom is -0.497 e. The molecule has 1 saturated heterocycles. The number of anilines is 1. The zero-order chi connectivity index (χ0) is 19.9. The molecule has 1 aromatic heterocycles. The summed E-state index contributed by atoms with van der Waals surface area (Å²) in [7, 11) is 1.63. The molecule has 1 amide bonds. The topological polar surface area (TPSA) is 81.5 Å². The Bertz CT molecular complexity index is 774. The lowest BCUT2D eigenvalue weighted by molar-refractivity contribution is -0.120. The van der Waals surface area contributed by atoms with Crippen LogP contribution in [0.25, 0.3) is 0 Å². The minimum absolute atomic E-state index is 0.0283. The van der Waals surface area contributed by atoms with Gasteiger partial charge in [-0.3, -0.25) is 9.36 Å². The highest BCUT2D eigenvalue weighted by molar-refractivity contribution is 8.00. The van der Waals surface area contributed by atoms with Crippen molar-refractivity contribution in [2.45, 2.75) is 37.3 Å². The van der Waals surface area contributed by atoms with Gasteiger partial charge in [0.15, 0.2) is 5.16 Å². The van der Waals surface area contributed by atoms with Gasteiger partial charge in [0.2, 0.25) is 11.9 Å². The molecule has 0 spiro atoms. The van der Waals surface area contributed by atoms with Gasteiger partial charge in [0.25, 0.3) is 0 Å². The third-order valence-corrected chi connectivity index (χ3v) is 5.67. The second-order valence-electron chi connectivity index (χ2n) is 6.45. The first kappa shape index (κ1) is 20.5. The van der Waals surface area contributed by atoms with Crippen molar-refractivity contribution in [3.05, 3.63) is 29.8 Å². The van der Waals surface area contributed by atoms with Crippen LogP contribution in [0.2, 0.25) is 0 Å². The second kappa shape index (κ2) is 9.79. The lowest BCUT2D eigenvalue weighted by Gasteiger charge is -2.27. The number of rotatable bonds is 8. The van der Waals surface area contributed by atoms with Gasteiger partial charge in [-0.1, -0.05) is 23.9 Å². The molecule has 2 aromatic rings. The molecule has 152 valence electrons. The summed E-state index contributed by atoms with van der Waals surface area (Å²) >= 11 is 1.43. The first-order valence-electron chi connectivity index (χ1n) is 9.45. The van der Waals surface area contributed by atoms with Crippen molar-refractivity contribution < 1.29 is 14.3 Å². The molecule has 1 atom stereocenters. The SMILES string of the molecule is CCn1c(S[C@H](C)C(=O)NCc2ccc(OC)cc2)nnc1N1CCOCC1. The third-order valence-electron chi connectivity index (χ3n) is 4.58. The highest BCUT2D eigenvalue weighted by atomic mass is 32.2. The summed E-state index contributed by atoms with van der Waals surface area (Å²) in [4.78, 5) is 14.7. The number of hydrogen-bond donors (Lipinski definition) is 1. The van der Waals surface area contributed by atoms with Crippen LogP contribution >= 0.6 is 11.8 Å². The van der Waals surface area contributed by atoms with Crippen LogP contribution in [-0.4, -0.2) is 59.3 Å². The van der Waals surface area contributed by atoms with Crippen molar-refractivity contribution in [3.63, 3.8) is 0 Å². The first-order valence-corrected chi connectivity index (χ1v) is 10.3. The molecule has 3 rings (SSSR count). The Hall–Kier alpha value is -2.26. The van der Waals surface area contributed by atoms with E-state index in [0.29, 0.717) is 19.8 Å². The Kier molecular flexibility index (Phi) is 7.16. The lowest BCUT2D eigenvalue weighted by Crippen LogP contribution is -2.38. The molecule has 1 aliphatic heterocycles. The summed E-state index contributed by atoms with van der Waals surface area (Å²) in [6.07, 6.45) is 0. The van der Waals surface area contributed by atoms with Crippen LogP contribution in [0.4, 0.5) is 5.95 Å². The number of carbonyl (C=O) groups is 1. The fourth-order valence-corrected chi connectivity index (χ4v) is 3.86. The van der Waals surface area contributed by atoms with Crippen LogP contribution in [0.5, 0.6) is 5.75 Å². The van der Waals surface area contributed by atoms with Crippen LogP contribution in [0.3, 0.4) is 0 Å². The molecular formula is C19H27N5O3S. The van der Waals surface area contributed by atoms with E-state index in [2.05, 4.69) is 31.9 Å². The molecule has 1 N–H and O–H groups in total. The van der Waals surface area contributed by atoms with E-state index in [-0.39, 0.29) is 11.2 Å². The number of hydrogen-bond acceptors (Lipinski definition) is 7. The van der Waals surface area contributed by atoms with E-state index in [1.54, 1.807) is 7.11 Å². The molecule has 9 heteroatoms. The van der Waals surface area contributed by atoms with E-state index in [1.165, 1.54) is 11.8 Å². The predicted molar refractivity (Wildman–Crippen MR) is 109 cm³/mol. The average molecular weight is 406 g/mol. The molecule has 28 heavy (non-hydrogen) atoms. The van der Waals surface area contributed by atoms with Crippen molar-refractivity contribution in [2.75, 3.05) is 38.3 Å². The monoisotopic (exact) mass is 405 g/mol. The van der Waals surface area contributed by atoms with Crippen LogP contribution in [-0.2, 0) is 22.6 Å². The number of nitrogens with zero attached hydrogens (tertiary/aromatic N) is 4. The number of thioether (sulfide) groups is 1. The zero-order valence-corrected chi connectivity index (χ0v) is 17.4. The number of carbonyl (C=O) groups excluding carboxylic acids is 1. The number of benzene rings is 1. The van der Waals surface area contributed by atoms with Gasteiger partial charge >= 0.3 is 0 Å². The third kappa shape index (κ3) is 4.96. The Morgan fingerprint density at radius 1 is 1.29 bits per heavy atom. The fraction of sp³-hybridized carbons (Fsp3) is 0.526. The zero-order valence-electron chi connectivity index (χ0n) is 16.6. The maximum Gasteiger partial charge on any atom is 0.233 e. The molecule has 0 bridgehead atoms. The standard InChI is InChI=1S/C19H27N5O3S/c1-4-24-18(23-9-11-27-12-10-23)21-22-19(24)28-14(2)17(25)20-13-15-5-7-16(26-3)8-6-15/h5-8,14H,4,9-13H2,1-3H3,(H,20,25)/t14-/m1/s1. The number of aromatic nitrogens is 3. The highest BCUT2D eigenvalue weighted by Gasteiger charge is 2.23. The molecular weight excluding hydrogens is 378 g/mol. The van der Waals surface area contributed by atoms with Gasteiger partial charge in [-0.2, -0.15) is 0 Å². The van der Waals surface area contributed by atoms with Crippen LogP contribution in [0, 0.1) is 0 Å². The second-order valence-corrected chi connectivity index (χ2v) is 7.76. The number of ether oxygens (including phenoxy) is 2. The maximum atomic E-state index is 12.5. The Morgan fingerprint density at radius 2 is 2.00 bits per heavy atom. The molecule has 1 fully saturated rings. The predicted octanol–water partition coefficient (Wildman–Crippen LogP) is 1.94. The van der Waals surface area contributed by atoms with Gasteiger partial charge in [-0.25, -0.2) is 0 Å². The average Bonchev–Trinajstić information content (AvgIpc) is 3.15. The van der Waals surface area contributed by atoms with E-state index >= 15 is 0 Å². The Balaban J connectivity index is 1.57. The molecule has 0 radical (unpaired) electrons. The van der Waals surface area contributed by atoms with Gasteiger partial charge in [0, 0.05) is 26.2 Å². The van der Waals surface area contributed by atoms with Crippen LogP contribution < -0.4 is 15.0 Å². The van der Waals surface area contributed by atoms with Crippen LogP contribution in [0.1, 0.15) is 19.4 Å². The quantitative estimate of drug-likeness (QED) is 0.672. The number of amides is 1. The van der Waals surface area contributed by atoms with E-state index in [9.17, 15) is 4.79 Å². The molecule has 2 heterocycles. The maximum absolute atomic E-state index is 12.5. The van der Waals surface area contributed by atoms with Gasteiger partial charge in [0.05, 0.1) is 25.6 Å². The summed E-state index contributed by atoms with van der Waals surface area (Å²) in [5.41, 5.74) is 1.03. The molecule has 0 unspecified atom stereocenters. The number of morpholine rings is 1. The minimum atomic E-state index is -0.273. The van der Waals surface area contributed by atoms with Gasteiger partial charge < -0.3 is 19.7 Å². The van der Waals surface area contributed by atoms with Crippen LogP contribution in [0.15, 0.2) is 29.4 Å². The normalized spacial score (nSPS) is 15.3. The van der Waals surface area contributed by atoms with Crippen molar-refractivity contribution in [2.24, 2.45) is 0 Å². The van der Waals surface area contributed by atoms with E-state index in [4.69, 9.17) is 9.47 Å². The number of nitrogens with one attached hydrogen (secondary N) is 1. The van der Waals surface area contributed by atoms with Gasteiger partial charge in [0.1, 0.15) is 5.75 Å². The lowest BCUT2D eigenvalue weighted by atomic mass is 10.2. The van der Waals surface area contributed by atoms with Crippen molar-refractivity contribution in [1.82, 2.24) is 20.1 Å². The van der Waals surface area contributed by atoms with Crippen molar-refractivity contribution >= 4 is 23.6 Å². The first-order chi connectivity index (χ1) is 13.6. The summed E-state index contributed by atoms with van der Waals surface area (Å²) in [5.74, 6) is 1.62. The molecule has 0 aliphatic carbocycles. The molecule has 1 aromatic carbocycles. The fourth-order valence-electron chi connectivity index (χ4n) is 2.93. The van der Waals surface area contributed by atoms with E-state index < -0.39 is 0 Å². The summed E-state index contributed by atoms with van der Waals surface area (Å²) in [5, 5.41) is 12.1. The number of methoxy groups -OCH3 is 1. The Morgan fingerprint density at radius 3 is 2.64 bits per heavy atom. The smallest absolute Gasteiger partial charge is 0.233 e. The summed E-state index contributed by atoms with van der Waals surface area (Å²) < 4.78 is 12.6. The van der Waals surface area contributed by atoms with Gasteiger partial charge in [-0.05, 0) is 31.5 Å². The summed E-state index contributed by atoms with van der Waals surface area (Å²) in [6.45, 7) is 8.19. The summed E-state index contributed by atoms with van der Waals surface area (Å²) in [6, 6.07) is 7.66.